The lowest BCUT2D eigenvalue weighted by atomic mass is 10.0. The Kier molecular flexibility index (Phi) is 13.3. The van der Waals surface area contributed by atoms with Crippen molar-refractivity contribution < 1.29 is 4.74 Å². The Hall–Kier alpha value is -1.74. The number of hydrogen-bond donors (Lipinski definition) is 1. The summed E-state index contributed by atoms with van der Waals surface area (Å²) < 4.78 is 6.09. The second-order valence-corrected chi connectivity index (χ2v) is 7.96. The molecule has 0 atom stereocenters. The van der Waals surface area contributed by atoms with Gasteiger partial charge in [0.25, 0.3) is 0 Å². The van der Waals surface area contributed by atoms with E-state index in [9.17, 15) is 0 Å². The smallest absolute Gasteiger partial charge is 0.128 e. The Balaban J connectivity index is 0.00000450. The second-order valence-electron chi connectivity index (χ2n) is 7.96. The van der Waals surface area contributed by atoms with Gasteiger partial charge in [0.2, 0.25) is 0 Å². The van der Waals surface area contributed by atoms with Gasteiger partial charge in [0.1, 0.15) is 11.6 Å². The molecule has 30 heavy (non-hydrogen) atoms. The van der Waals surface area contributed by atoms with E-state index in [0.717, 1.165) is 61.0 Å². The highest BCUT2D eigenvalue weighted by molar-refractivity contribution is 6.09. The second kappa shape index (κ2) is 15.1. The van der Waals surface area contributed by atoms with Crippen LogP contribution >= 0.6 is 12.4 Å². The van der Waals surface area contributed by atoms with Crippen molar-refractivity contribution in [1.29, 1.82) is 5.41 Å². The molecule has 0 aliphatic rings. The molecule has 2 rings (SSSR count). The van der Waals surface area contributed by atoms with Gasteiger partial charge in [-0.25, -0.2) is 0 Å². The predicted octanol–water partition coefficient (Wildman–Crippen LogP) is 7.84. The van der Waals surface area contributed by atoms with Crippen molar-refractivity contribution in [2.75, 3.05) is 19.7 Å². The molecule has 2 aromatic rings. The number of unbranched alkanes of at least 4 members (excludes halogenated alkanes) is 6. The van der Waals surface area contributed by atoms with Gasteiger partial charge in [-0.15, -0.1) is 12.4 Å². The fourth-order valence-corrected chi connectivity index (χ4v) is 3.75. The molecule has 0 aromatic heterocycles. The fraction of sp³-hybridized carbons (Fsp3) is 0.577. The highest BCUT2D eigenvalue weighted by Crippen LogP contribution is 2.30. The molecule has 0 spiro atoms. The third-order valence-corrected chi connectivity index (χ3v) is 5.52. The number of nitrogens with one attached hydrogen (secondary N) is 1. The largest absolute Gasteiger partial charge is 0.493 e. The molecular weight excluding hydrogens is 392 g/mol. The van der Waals surface area contributed by atoms with Gasteiger partial charge in [0.05, 0.1) is 6.61 Å². The molecule has 168 valence electrons. The summed E-state index contributed by atoms with van der Waals surface area (Å²) in [5, 5.41) is 11.2. The fourth-order valence-electron chi connectivity index (χ4n) is 3.75. The molecule has 0 amide bonds. The molecule has 0 fully saturated rings. The van der Waals surface area contributed by atoms with Crippen LogP contribution in [0.5, 0.6) is 5.75 Å². The highest BCUT2D eigenvalue weighted by Gasteiger charge is 2.16. The minimum Gasteiger partial charge on any atom is -0.493 e. The first-order valence-corrected chi connectivity index (χ1v) is 11.7. The zero-order valence-electron chi connectivity index (χ0n) is 19.2. The number of rotatable bonds is 14. The molecule has 0 saturated heterocycles. The highest BCUT2D eigenvalue weighted by atomic mass is 35.5. The van der Waals surface area contributed by atoms with Gasteiger partial charge >= 0.3 is 0 Å². The van der Waals surface area contributed by atoms with Crippen molar-refractivity contribution in [2.45, 2.75) is 78.6 Å². The van der Waals surface area contributed by atoms with Crippen molar-refractivity contribution >= 4 is 29.0 Å². The first kappa shape index (κ1) is 26.3. The van der Waals surface area contributed by atoms with Crippen molar-refractivity contribution in [3.05, 3.63) is 42.0 Å². The summed E-state index contributed by atoms with van der Waals surface area (Å²) in [5.41, 5.74) is 1.02. The van der Waals surface area contributed by atoms with E-state index in [1.165, 1.54) is 38.5 Å². The molecule has 0 bridgehead atoms. The number of ether oxygens (including phenoxy) is 1. The zero-order valence-corrected chi connectivity index (χ0v) is 20.0. The number of nitrogens with zero attached hydrogens (tertiary/aromatic N) is 1. The molecule has 0 saturated carbocycles. The van der Waals surface area contributed by atoms with E-state index in [4.69, 9.17) is 10.1 Å². The topological polar surface area (TPSA) is 36.3 Å². The number of benzene rings is 2. The van der Waals surface area contributed by atoms with E-state index in [0.29, 0.717) is 5.84 Å². The molecule has 4 heteroatoms. The van der Waals surface area contributed by atoms with E-state index in [-0.39, 0.29) is 12.4 Å². The van der Waals surface area contributed by atoms with Gasteiger partial charge in [-0.05, 0) is 36.8 Å². The van der Waals surface area contributed by atoms with Crippen LogP contribution in [0.1, 0.15) is 84.1 Å². The first-order chi connectivity index (χ1) is 14.2. The molecule has 0 aliphatic carbocycles. The first-order valence-electron chi connectivity index (χ1n) is 11.7. The summed E-state index contributed by atoms with van der Waals surface area (Å²) in [7, 11) is 0. The van der Waals surface area contributed by atoms with Gasteiger partial charge in [-0.3, -0.25) is 5.41 Å². The third-order valence-electron chi connectivity index (χ3n) is 5.52. The lowest BCUT2D eigenvalue weighted by Crippen LogP contribution is -2.33. The Morgan fingerprint density at radius 3 is 1.93 bits per heavy atom. The van der Waals surface area contributed by atoms with Gasteiger partial charge in [0.15, 0.2) is 0 Å². The minimum absolute atomic E-state index is 0. The third kappa shape index (κ3) is 7.83. The Morgan fingerprint density at radius 2 is 1.33 bits per heavy atom. The quantitative estimate of drug-likeness (QED) is 0.187. The number of halogens is 1. The van der Waals surface area contributed by atoms with E-state index in [1.807, 2.05) is 0 Å². The van der Waals surface area contributed by atoms with Crippen LogP contribution in [-0.4, -0.2) is 30.4 Å². The van der Waals surface area contributed by atoms with Gasteiger partial charge < -0.3 is 9.64 Å². The van der Waals surface area contributed by atoms with Crippen LogP contribution in [0.15, 0.2) is 36.4 Å². The van der Waals surface area contributed by atoms with Crippen LogP contribution in [0.4, 0.5) is 0 Å². The van der Waals surface area contributed by atoms with Crippen molar-refractivity contribution in [3.8, 4) is 5.75 Å². The minimum atomic E-state index is 0. The standard InChI is InChI=1S/C26H40N2O.ClH/c1-4-7-12-19-28(20-13-8-5-2)26(27)24-17-18-25(29-21-14-9-6-3)23-16-11-10-15-22(23)24;/h10-11,15-18,27H,4-9,12-14,19-21H2,1-3H3;1H. The van der Waals surface area contributed by atoms with Gasteiger partial charge in [-0.1, -0.05) is 83.6 Å². The summed E-state index contributed by atoms with van der Waals surface area (Å²) in [6, 6.07) is 12.5. The van der Waals surface area contributed by atoms with Crippen LogP contribution < -0.4 is 4.74 Å². The maximum absolute atomic E-state index is 8.99. The lowest BCUT2D eigenvalue weighted by molar-refractivity contribution is 0.310. The average molecular weight is 433 g/mol. The number of fused-ring (bicyclic) bond motifs is 1. The summed E-state index contributed by atoms with van der Waals surface area (Å²) in [4.78, 5) is 2.29. The SMILES string of the molecule is CCCCCOc1ccc(C(=N)N(CCCCC)CCCCC)c2ccccc12.Cl. The lowest BCUT2D eigenvalue weighted by Gasteiger charge is -2.26. The average Bonchev–Trinajstić information content (AvgIpc) is 2.75. The molecule has 0 radical (unpaired) electrons. The van der Waals surface area contributed by atoms with Gasteiger partial charge in [-0.2, -0.15) is 0 Å². The Labute approximate surface area is 190 Å². The van der Waals surface area contributed by atoms with E-state index in [2.05, 4.69) is 62.1 Å². The molecule has 3 nitrogen and oxygen atoms in total. The zero-order chi connectivity index (χ0) is 20.9. The molecular formula is C26H41ClN2O. The van der Waals surface area contributed by atoms with E-state index in [1.54, 1.807) is 0 Å². The predicted molar refractivity (Wildman–Crippen MR) is 134 cm³/mol. The number of amidine groups is 1. The molecule has 0 aliphatic heterocycles. The summed E-state index contributed by atoms with van der Waals surface area (Å²) in [6.07, 6.45) is 10.7. The Morgan fingerprint density at radius 1 is 0.767 bits per heavy atom. The van der Waals surface area contributed by atoms with Crippen LogP contribution in [-0.2, 0) is 0 Å². The summed E-state index contributed by atoms with van der Waals surface area (Å²) in [5.74, 6) is 1.60. The van der Waals surface area contributed by atoms with Crippen molar-refractivity contribution in [3.63, 3.8) is 0 Å². The summed E-state index contributed by atoms with van der Waals surface area (Å²) >= 11 is 0. The Bertz CT molecular complexity index is 737. The molecule has 1 N–H and O–H groups in total. The maximum atomic E-state index is 8.99. The van der Waals surface area contributed by atoms with E-state index < -0.39 is 0 Å². The maximum Gasteiger partial charge on any atom is 0.128 e. The van der Waals surface area contributed by atoms with E-state index >= 15 is 0 Å². The monoisotopic (exact) mass is 432 g/mol. The van der Waals surface area contributed by atoms with Crippen LogP contribution in [0, 0.1) is 5.41 Å². The van der Waals surface area contributed by atoms with Crippen molar-refractivity contribution in [1.82, 2.24) is 4.90 Å². The van der Waals surface area contributed by atoms with Crippen LogP contribution in [0.2, 0.25) is 0 Å². The molecule has 0 unspecified atom stereocenters. The number of hydrogen-bond acceptors (Lipinski definition) is 2. The normalized spacial score (nSPS) is 10.6. The van der Waals surface area contributed by atoms with Gasteiger partial charge in [0, 0.05) is 24.0 Å². The van der Waals surface area contributed by atoms with Crippen molar-refractivity contribution in [2.24, 2.45) is 0 Å². The van der Waals surface area contributed by atoms with Crippen LogP contribution in [0.3, 0.4) is 0 Å². The molecule has 0 heterocycles. The summed E-state index contributed by atoms with van der Waals surface area (Å²) in [6.45, 7) is 9.39. The molecule has 2 aromatic carbocycles. The van der Waals surface area contributed by atoms with Crippen LogP contribution in [0.25, 0.3) is 10.8 Å².